The molecule has 1 amide bonds. The molecule has 1 aliphatic heterocycles. The number of hydrogen-bond acceptors (Lipinski definition) is 2. The van der Waals surface area contributed by atoms with Crippen molar-refractivity contribution in [3.05, 3.63) is 0 Å². The summed E-state index contributed by atoms with van der Waals surface area (Å²) < 4.78 is 0. The molecule has 0 aliphatic carbocycles. The highest BCUT2D eigenvalue weighted by Crippen LogP contribution is 2.19. The van der Waals surface area contributed by atoms with Crippen LogP contribution in [0.5, 0.6) is 0 Å². The summed E-state index contributed by atoms with van der Waals surface area (Å²) in [7, 11) is 0. The molecule has 1 fully saturated rings. The Kier molecular flexibility index (Phi) is 13.0. The minimum atomic E-state index is 0. The molecule has 0 bridgehead atoms. The third-order valence-electron chi connectivity index (χ3n) is 4.79. The van der Waals surface area contributed by atoms with Crippen LogP contribution in [0.2, 0.25) is 0 Å². The number of amides is 1. The van der Waals surface area contributed by atoms with E-state index in [0.717, 1.165) is 57.7 Å². The zero-order valence-corrected chi connectivity index (χ0v) is 15.7. The maximum absolute atomic E-state index is 12.6. The van der Waals surface area contributed by atoms with E-state index < -0.39 is 0 Å². The van der Waals surface area contributed by atoms with Crippen molar-refractivity contribution in [1.29, 1.82) is 0 Å². The summed E-state index contributed by atoms with van der Waals surface area (Å²) in [5, 5.41) is 3.40. The topological polar surface area (TPSA) is 32.3 Å². The van der Waals surface area contributed by atoms with Crippen molar-refractivity contribution >= 4 is 18.3 Å². The maximum Gasteiger partial charge on any atom is 0.222 e. The summed E-state index contributed by atoms with van der Waals surface area (Å²) in [4.78, 5) is 14.8. The lowest BCUT2D eigenvalue weighted by Crippen LogP contribution is -2.39. The molecule has 0 aromatic carbocycles. The van der Waals surface area contributed by atoms with E-state index in [1.165, 1.54) is 25.7 Å². The van der Waals surface area contributed by atoms with Gasteiger partial charge in [-0.3, -0.25) is 4.79 Å². The highest BCUT2D eigenvalue weighted by Gasteiger charge is 2.21. The number of halogens is 1. The molecule has 0 spiro atoms. The van der Waals surface area contributed by atoms with E-state index in [2.05, 4.69) is 31.0 Å². The molecule has 132 valence electrons. The van der Waals surface area contributed by atoms with Gasteiger partial charge >= 0.3 is 0 Å². The van der Waals surface area contributed by atoms with Gasteiger partial charge in [0.05, 0.1) is 0 Å². The number of hydrogen-bond donors (Lipinski definition) is 1. The van der Waals surface area contributed by atoms with Gasteiger partial charge in [-0.25, -0.2) is 0 Å². The van der Waals surface area contributed by atoms with Gasteiger partial charge in [0.15, 0.2) is 0 Å². The lowest BCUT2D eigenvalue weighted by molar-refractivity contribution is -0.133. The number of nitrogens with one attached hydrogen (secondary N) is 1. The second kappa shape index (κ2) is 13.2. The molecule has 1 unspecified atom stereocenters. The number of rotatable bonds is 10. The average Bonchev–Trinajstić information content (AvgIpc) is 2.50. The molecule has 1 heterocycles. The molecule has 1 atom stereocenters. The van der Waals surface area contributed by atoms with Crippen LogP contribution < -0.4 is 5.32 Å². The van der Waals surface area contributed by atoms with Crippen LogP contribution in [0.4, 0.5) is 0 Å². The van der Waals surface area contributed by atoms with Gasteiger partial charge in [-0.15, -0.1) is 12.4 Å². The van der Waals surface area contributed by atoms with Gasteiger partial charge in [-0.1, -0.05) is 33.1 Å². The SMILES string of the molecule is CCCCCN(C(=O)CCC1CCNCC1)C(C)CCC.Cl. The van der Waals surface area contributed by atoms with E-state index in [1.54, 1.807) is 0 Å². The van der Waals surface area contributed by atoms with Gasteiger partial charge in [-0.2, -0.15) is 0 Å². The number of carbonyl (C=O) groups is 1. The first-order valence-corrected chi connectivity index (χ1v) is 9.19. The smallest absolute Gasteiger partial charge is 0.222 e. The summed E-state index contributed by atoms with van der Waals surface area (Å²) in [5.41, 5.74) is 0. The van der Waals surface area contributed by atoms with Crippen molar-refractivity contribution in [3.8, 4) is 0 Å². The van der Waals surface area contributed by atoms with Crippen molar-refractivity contribution in [2.24, 2.45) is 5.92 Å². The van der Waals surface area contributed by atoms with E-state index in [4.69, 9.17) is 0 Å². The van der Waals surface area contributed by atoms with Crippen LogP contribution in [-0.4, -0.2) is 36.5 Å². The molecule has 0 radical (unpaired) electrons. The first-order valence-electron chi connectivity index (χ1n) is 9.19. The van der Waals surface area contributed by atoms with Crippen molar-refractivity contribution in [2.45, 2.75) is 84.6 Å². The van der Waals surface area contributed by atoms with Gasteiger partial charge in [0.2, 0.25) is 5.91 Å². The second-order valence-corrected chi connectivity index (χ2v) is 6.66. The fraction of sp³-hybridized carbons (Fsp3) is 0.944. The van der Waals surface area contributed by atoms with Crippen molar-refractivity contribution in [3.63, 3.8) is 0 Å². The highest BCUT2D eigenvalue weighted by molar-refractivity contribution is 5.85. The Hall–Kier alpha value is -0.280. The minimum Gasteiger partial charge on any atom is -0.340 e. The molecule has 22 heavy (non-hydrogen) atoms. The monoisotopic (exact) mass is 332 g/mol. The van der Waals surface area contributed by atoms with E-state index in [-0.39, 0.29) is 12.4 Å². The van der Waals surface area contributed by atoms with E-state index in [9.17, 15) is 4.79 Å². The summed E-state index contributed by atoms with van der Waals surface area (Å²) in [5.74, 6) is 1.15. The predicted molar refractivity (Wildman–Crippen MR) is 97.7 cm³/mol. The van der Waals surface area contributed by atoms with Crippen LogP contribution in [0.25, 0.3) is 0 Å². The minimum absolute atomic E-state index is 0. The van der Waals surface area contributed by atoms with Gasteiger partial charge in [0, 0.05) is 19.0 Å². The zero-order chi connectivity index (χ0) is 15.5. The molecule has 0 aromatic heterocycles. The van der Waals surface area contributed by atoms with E-state index in [1.807, 2.05) is 0 Å². The third-order valence-corrected chi connectivity index (χ3v) is 4.79. The first-order chi connectivity index (χ1) is 10.2. The number of piperidine rings is 1. The van der Waals surface area contributed by atoms with Crippen LogP contribution >= 0.6 is 12.4 Å². The molecule has 0 saturated carbocycles. The molecule has 1 aliphatic rings. The molecule has 1 saturated heterocycles. The van der Waals surface area contributed by atoms with Crippen LogP contribution in [0.15, 0.2) is 0 Å². The van der Waals surface area contributed by atoms with Gasteiger partial charge < -0.3 is 10.2 Å². The van der Waals surface area contributed by atoms with Crippen LogP contribution in [-0.2, 0) is 4.79 Å². The molecular formula is C18H37ClN2O. The van der Waals surface area contributed by atoms with Gasteiger partial charge in [0.1, 0.15) is 0 Å². The van der Waals surface area contributed by atoms with Crippen molar-refractivity contribution in [2.75, 3.05) is 19.6 Å². The lowest BCUT2D eigenvalue weighted by Gasteiger charge is -2.30. The number of nitrogens with zero attached hydrogens (tertiary/aromatic N) is 1. The lowest BCUT2D eigenvalue weighted by atomic mass is 9.93. The Morgan fingerprint density at radius 2 is 1.86 bits per heavy atom. The van der Waals surface area contributed by atoms with Crippen LogP contribution in [0, 0.1) is 5.92 Å². The quantitative estimate of drug-likeness (QED) is 0.601. The Morgan fingerprint density at radius 1 is 1.18 bits per heavy atom. The third kappa shape index (κ3) is 8.38. The summed E-state index contributed by atoms with van der Waals surface area (Å²) in [6.45, 7) is 9.87. The summed E-state index contributed by atoms with van der Waals surface area (Å²) >= 11 is 0. The normalized spacial score (nSPS) is 16.9. The van der Waals surface area contributed by atoms with E-state index in [0.29, 0.717) is 11.9 Å². The van der Waals surface area contributed by atoms with Gasteiger partial charge in [-0.05, 0) is 58.0 Å². The molecule has 3 nitrogen and oxygen atoms in total. The fourth-order valence-corrected chi connectivity index (χ4v) is 3.34. The summed E-state index contributed by atoms with van der Waals surface area (Å²) in [6.07, 6.45) is 10.2. The predicted octanol–water partition coefficient (Wildman–Crippen LogP) is 4.40. The summed E-state index contributed by atoms with van der Waals surface area (Å²) in [6, 6.07) is 0.410. The standard InChI is InChI=1S/C18H36N2O.ClH/c1-4-6-7-15-20(16(3)8-5-2)18(21)10-9-17-11-13-19-14-12-17;/h16-17,19H,4-15H2,1-3H3;1H. The molecule has 0 aromatic rings. The molecule has 1 rings (SSSR count). The van der Waals surface area contributed by atoms with Gasteiger partial charge in [0.25, 0.3) is 0 Å². The highest BCUT2D eigenvalue weighted by atomic mass is 35.5. The fourth-order valence-electron chi connectivity index (χ4n) is 3.34. The number of unbranched alkanes of at least 4 members (excludes halogenated alkanes) is 2. The second-order valence-electron chi connectivity index (χ2n) is 6.66. The van der Waals surface area contributed by atoms with Crippen molar-refractivity contribution < 1.29 is 4.79 Å². The molecular weight excluding hydrogens is 296 g/mol. The van der Waals surface area contributed by atoms with Crippen LogP contribution in [0.1, 0.15) is 78.6 Å². The maximum atomic E-state index is 12.6. The Balaban J connectivity index is 0.00000441. The Bertz CT molecular complexity index is 280. The Labute approximate surface area is 144 Å². The first kappa shape index (κ1) is 21.7. The molecule has 1 N–H and O–H groups in total. The largest absolute Gasteiger partial charge is 0.340 e. The van der Waals surface area contributed by atoms with Crippen molar-refractivity contribution in [1.82, 2.24) is 10.2 Å². The zero-order valence-electron chi connectivity index (χ0n) is 14.9. The Morgan fingerprint density at radius 3 is 2.45 bits per heavy atom. The average molecular weight is 333 g/mol. The molecule has 4 heteroatoms. The van der Waals surface area contributed by atoms with Crippen LogP contribution in [0.3, 0.4) is 0 Å². The van der Waals surface area contributed by atoms with E-state index >= 15 is 0 Å². The number of carbonyl (C=O) groups excluding carboxylic acids is 1.